The first kappa shape index (κ1) is 25.0. The van der Waals surface area contributed by atoms with Crippen LogP contribution >= 0.6 is 23.1 Å². The van der Waals surface area contributed by atoms with E-state index >= 15 is 0 Å². The third-order valence-electron chi connectivity index (χ3n) is 5.18. The van der Waals surface area contributed by atoms with Crippen molar-refractivity contribution < 1.29 is 13.2 Å². The summed E-state index contributed by atoms with van der Waals surface area (Å²) in [5.74, 6) is 0.0655. The zero-order valence-electron chi connectivity index (χ0n) is 19.5. The number of benzene rings is 3. The molecule has 1 aromatic heterocycles. The molecular formula is C26H25N3O3S3. The lowest BCUT2D eigenvalue weighted by Gasteiger charge is -2.09. The average Bonchev–Trinajstić information content (AvgIpc) is 3.19. The van der Waals surface area contributed by atoms with Crippen LogP contribution in [0.15, 0.2) is 82.6 Å². The van der Waals surface area contributed by atoms with Gasteiger partial charge in [0.15, 0.2) is 5.13 Å². The summed E-state index contributed by atoms with van der Waals surface area (Å²) in [4.78, 5) is 19.2. The molecule has 1 amide bonds. The fourth-order valence-corrected chi connectivity index (χ4v) is 5.89. The summed E-state index contributed by atoms with van der Waals surface area (Å²) in [5, 5.41) is 3.45. The fraction of sp³-hybridized carbons (Fsp3) is 0.154. The minimum absolute atomic E-state index is 0.150. The number of hydrogen-bond acceptors (Lipinski definition) is 6. The van der Waals surface area contributed by atoms with E-state index in [4.69, 9.17) is 0 Å². The molecule has 9 heteroatoms. The maximum Gasteiger partial charge on any atom is 0.261 e. The van der Waals surface area contributed by atoms with E-state index in [-0.39, 0.29) is 16.6 Å². The number of rotatable bonds is 8. The lowest BCUT2D eigenvalue weighted by Crippen LogP contribution is -2.14. The number of carbonyl (C=O) groups is 1. The van der Waals surface area contributed by atoms with Crippen LogP contribution in [0, 0.1) is 20.8 Å². The molecule has 0 aliphatic carbocycles. The number of nitrogens with one attached hydrogen (secondary N) is 2. The first-order chi connectivity index (χ1) is 16.7. The summed E-state index contributed by atoms with van der Waals surface area (Å²) in [7, 11) is -3.65. The molecule has 6 nitrogen and oxygen atoms in total. The number of aryl methyl sites for hydroxylation is 3. The van der Waals surface area contributed by atoms with Crippen molar-refractivity contribution in [1.29, 1.82) is 0 Å². The monoisotopic (exact) mass is 523 g/mol. The van der Waals surface area contributed by atoms with Gasteiger partial charge in [0.25, 0.3) is 10.0 Å². The van der Waals surface area contributed by atoms with Gasteiger partial charge in [-0.15, -0.1) is 23.1 Å². The zero-order valence-corrected chi connectivity index (χ0v) is 22.0. The maximum absolute atomic E-state index is 12.5. The normalized spacial score (nSPS) is 11.3. The van der Waals surface area contributed by atoms with Gasteiger partial charge in [-0.1, -0.05) is 47.5 Å². The van der Waals surface area contributed by atoms with E-state index in [0.29, 0.717) is 10.8 Å². The van der Waals surface area contributed by atoms with Gasteiger partial charge in [0.1, 0.15) is 0 Å². The smallest absolute Gasteiger partial charge is 0.261 e. The van der Waals surface area contributed by atoms with E-state index in [1.165, 1.54) is 28.7 Å². The number of thiazole rings is 1. The van der Waals surface area contributed by atoms with Crippen LogP contribution in [0.5, 0.6) is 0 Å². The Bertz CT molecular complexity index is 1430. The minimum atomic E-state index is -3.65. The zero-order chi connectivity index (χ0) is 25.0. The van der Waals surface area contributed by atoms with Gasteiger partial charge in [-0.2, -0.15) is 0 Å². The number of aromatic nitrogens is 1. The standard InChI is InChI=1S/C26H25N3O3S3/c1-17-4-8-20(9-5-17)25-19(3)34-26(28-25)27-24(30)16-33-22-12-10-21(11-13-22)29-35(31,32)23-14-6-18(2)7-15-23/h4-15,29H,16H2,1-3H3,(H,27,28,30). The van der Waals surface area contributed by atoms with Gasteiger partial charge in [-0.05, 0) is 57.2 Å². The molecule has 180 valence electrons. The Morgan fingerprint density at radius 1 is 0.886 bits per heavy atom. The highest BCUT2D eigenvalue weighted by molar-refractivity contribution is 8.00. The van der Waals surface area contributed by atoms with Crippen molar-refractivity contribution in [3.05, 3.63) is 88.8 Å². The maximum atomic E-state index is 12.5. The number of anilines is 2. The Morgan fingerprint density at radius 2 is 1.49 bits per heavy atom. The van der Waals surface area contributed by atoms with Crippen LogP contribution in [0.25, 0.3) is 11.3 Å². The van der Waals surface area contributed by atoms with Crippen LogP contribution in [0.1, 0.15) is 16.0 Å². The van der Waals surface area contributed by atoms with Crippen LogP contribution in [0.3, 0.4) is 0 Å². The Labute approximate surface area is 213 Å². The number of carbonyl (C=O) groups excluding carboxylic acids is 1. The summed E-state index contributed by atoms with van der Waals surface area (Å²) >= 11 is 2.82. The predicted octanol–water partition coefficient (Wildman–Crippen LogP) is 6.27. The molecule has 0 bridgehead atoms. The van der Waals surface area contributed by atoms with Crippen molar-refractivity contribution in [2.24, 2.45) is 0 Å². The Morgan fingerprint density at radius 3 is 2.11 bits per heavy atom. The molecule has 0 spiro atoms. The van der Waals surface area contributed by atoms with Crippen LogP contribution in [0.4, 0.5) is 10.8 Å². The molecule has 3 aromatic carbocycles. The van der Waals surface area contributed by atoms with E-state index in [2.05, 4.69) is 15.0 Å². The van der Waals surface area contributed by atoms with Crippen molar-refractivity contribution in [2.45, 2.75) is 30.6 Å². The van der Waals surface area contributed by atoms with Crippen molar-refractivity contribution in [3.63, 3.8) is 0 Å². The highest BCUT2D eigenvalue weighted by Crippen LogP contribution is 2.31. The Hall–Kier alpha value is -3.14. The molecule has 2 N–H and O–H groups in total. The van der Waals surface area contributed by atoms with Gasteiger partial charge in [-0.25, -0.2) is 13.4 Å². The van der Waals surface area contributed by atoms with E-state index in [0.717, 1.165) is 26.6 Å². The predicted molar refractivity (Wildman–Crippen MR) is 145 cm³/mol. The topological polar surface area (TPSA) is 88.2 Å². The van der Waals surface area contributed by atoms with E-state index in [9.17, 15) is 13.2 Å². The summed E-state index contributed by atoms with van der Waals surface area (Å²) in [5.41, 5.74) is 4.54. The summed E-state index contributed by atoms with van der Waals surface area (Å²) in [6.07, 6.45) is 0. The van der Waals surface area contributed by atoms with Crippen LogP contribution in [-0.4, -0.2) is 25.1 Å². The van der Waals surface area contributed by atoms with Crippen molar-refractivity contribution in [3.8, 4) is 11.3 Å². The average molecular weight is 524 g/mol. The molecule has 4 aromatic rings. The first-order valence-corrected chi connectivity index (χ1v) is 14.1. The second-order valence-electron chi connectivity index (χ2n) is 8.07. The van der Waals surface area contributed by atoms with Gasteiger partial charge in [0.2, 0.25) is 5.91 Å². The number of nitrogens with zero attached hydrogens (tertiary/aromatic N) is 1. The number of sulfonamides is 1. The number of hydrogen-bond donors (Lipinski definition) is 2. The first-order valence-electron chi connectivity index (χ1n) is 10.9. The minimum Gasteiger partial charge on any atom is -0.301 e. The third kappa shape index (κ3) is 6.50. The Kier molecular flexibility index (Phi) is 7.59. The lowest BCUT2D eigenvalue weighted by atomic mass is 10.1. The van der Waals surface area contributed by atoms with Gasteiger partial charge in [0, 0.05) is 21.0 Å². The number of amides is 1. The SMILES string of the molecule is Cc1ccc(-c2nc(NC(=O)CSc3ccc(NS(=O)(=O)c4ccc(C)cc4)cc3)sc2C)cc1. The quantitative estimate of drug-likeness (QED) is 0.266. The molecular weight excluding hydrogens is 499 g/mol. The van der Waals surface area contributed by atoms with E-state index in [1.807, 2.05) is 45.0 Å². The molecule has 0 radical (unpaired) electrons. The fourth-order valence-electron chi connectivity index (χ4n) is 3.28. The molecule has 0 unspecified atom stereocenters. The molecule has 0 atom stereocenters. The highest BCUT2D eigenvalue weighted by Gasteiger charge is 2.15. The molecule has 0 aliphatic rings. The van der Waals surface area contributed by atoms with Crippen molar-refractivity contribution in [1.82, 2.24) is 4.98 Å². The van der Waals surface area contributed by atoms with Gasteiger partial charge in [-0.3, -0.25) is 9.52 Å². The molecule has 35 heavy (non-hydrogen) atoms. The van der Waals surface area contributed by atoms with Crippen LogP contribution in [-0.2, 0) is 14.8 Å². The summed E-state index contributed by atoms with van der Waals surface area (Å²) in [6, 6.07) is 21.8. The van der Waals surface area contributed by atoms with E-state index < -0.39 is 10.0 Å². The second kappa shape index (κ2) is 10.6. The molecule has 0 saturated heterocycles. The van der Waals surface area contributed by atoms with Crippen LogP contribution in [0.2, 0.25) is 0 Å². The summed E-state index contributed by atoms with van der Waals surface area (Å²) in [6.45, 7) is 5.94. The number of thioether (sulfide) groups is 1. The molecule has 0 fully saturated rings. The van der Waals surface area contributed by atoms with Gasteiger partial charge < -0.3 is 5.32 Å². The highest BCUT2D eigenvalue weighted by atomic mass is 32.2. The van der Waals surface area contributed by atoms with Crippen LogP contribution < -0.4 is 10.0 Å². The molecule has 0 saturated carbocycles. The van der Waals surface area contributed by atoms with E-state index in [1.54, 1.807) is 48.5 Å². The molecule has 0 aliphatic heterocycles. The lowest BCUT2D eigenvalue weighted by molar-refractivity contribution is -0.113. The third-order valence-corrected chi connectivity index (χ3v) is 8.47. The van der Waals surface area contributed by atoms with Crippen molar-refractivity contribution >= 4 is 49.8 Å². The van der Waals surface area contributed by atoms with Gasteiger partial charge >= 0.3 is 0 Å². The largest absolute Gasteiger partial charge is 0.301 e. The molecule has 4 rings (SSSR count). The van der Waals surface area contributed by atoms with Gasteiger partial charge in [0.05, 0.1) is 16.3 Å². The summed E-state index contributed by atoms with van der Waals surface area (Å²) < 4.78 is 27.7. The second-order valence-corrected chi connectivity index (χ2v) is 12.0. The molecule has 1 heterocycles. The Balaban J connectivity index is 1.32. The van der Waals surface area contributed by atoms with Crippen molar-refractivity contribution in [2.75, 3.05) is 15.8 Å².